The molecule has 3 aromatic rings. The third-order valence-electron chi connectivity index (χ3n) is 4.41. The summed E-state index contributed by atoms with van der Waals surface area (Å²) in [6, 6.07) is 10.7. The zero-order valence-electron chi connectivity index (χ0n) is 17.9. The molecule has 0 saturated heterocycles. The minimum absolute atomic E-state index is 0.156. The van der Waals surface area contributed by atoms with Gasteiger partial charge >= 0.3 is 0 Å². The number of amides is 1. The molecule has 0 aliphatic heterocycles. The standard InChI is InChI=1S/C22H25N3O6/c1-5-30-16-8-6-15(7-9-16)23-19(26)10-11-20-24-22(25-31-20)14-12-17(27-2)21(29-4)18(13-14)28-3/h6-9,12-13H,5,10-11H2,1-4H3,(H,23,26). The van der Waals surface area contributed by atoms with Crippen LogP contribution >= 0.6 is 0 Å². The van der Waals surface area contributed by atoms with Crippen LogP contribution in [0.15, 0.2) is 40.9 Å². The molecule has 2 aromatic carbocycles. The minimum Gasteiger partial charge on any atom is -0.494 e. The molecular weight excluding hydrogens is 402 g/mol. The molecule has 3 rings (SSSR count). The molecule has 0 unspecified atom stereocenters. The van der Waals surface area contributed by atoms with Crippen molar-refractivity contribution in [2.24, 2.45) is 0 Å². The SMILES string of the molecule is CCOc1ccc(NC(=O)CCc2nc(-c3cc(OC)c(OC)c(OC)c3)no2)cc1. The summed E-state index contributed by atoms with van der Waals surface area (Å²) in [5, 5.41) is 6.83. The van der Waals surface area contributed by atoms with E-state index in [1.807, 2.05) is 6.92 Å². The van der Waals surface area contributed by atoms with E-state index in [1.54, 1.807) is 36.4 Å². The van der Waals surface area contributed by atoms with E-state index in [9.17, 15) is 4.79 Å². The summed E-state index contributed by atoms with van der Waals surface area (Å²) in [7, 11) is 4.60. The van der Waals surface area contributed by atoms with Gasteiger partial charge in [-0.15, -0.1) is 0 Å². The van der Waals surface area contributed by atoms with Gasteiger partial charge in [0.1, 0.15) is 5.75 Å². The molecule has 0 saturated carbocycles. The quantitative estimate of drug-likeness (QED) is 0.522. The molecule has 0 aliphatic rings. The fourth-order valence-electron chi connectivity index (χ4n) is 2.93. The Hall–Kier alpha value is -3.75. The number of aryl methyl sites for hydroxylation is 1. The second-order valence-electron chi connectivity index (χ2n) is 6.43. The number of ether oxygens (including phenoxy) is 4. The molecular formula is C22H25N3O6. The number of benzene rings is 2. The maximum absolute atomic E-state index is 12.2. The van der Waals surface area contributed by atoms with Crippen molar-refractivity contribution < 1.29 is 28.3 Å². The van der Waals surface area contributed by atoms with Crippen molar-refractivity contribution in [2.75, 3.05) is 33.3 Å². The summed E-state index contributed by atoms with van der Waals surface area (Å²) in [6.45, 7) is 2.51. The summed E-state index contributed by atoms with van der Waals surface area (Å²) in [5.41, 5.74) is 1.33. The van der Waals surface area contributed by atoms with Gasteiger partial charge in [-0.2, -0.15) is 4.98 Å². The summed E-state index contributed by atoms with van der Waals surface area (Å²) in [4.78, 5) is 16.6. The third kappa shape index (κ3) is 5.44. The van der Waals surface area contributed by atoms with E-state index >= 15 is 0 Å². The van der Waals surface area contributed by atoms with Crippen LogP contribution in [-0.2, 0) is 11.2 Å². The van der Waals surface area contributed by atoms with Gasteiger partial charge in [0, 0.05) is 24.1 Å². The minimum atomic E-state index is -0.156. The second-order valence-corrected chi connectivity index (χ2v) is 6.43. The molecule has 0 bridgehead atoms. The van der Waals surface area contributed by atoms with Crippen LogP contribution in [0, 0.1) is 0 Å². The zero-order chi connectivity index (χ0) is 22.2. The topological polar surface area (TPSA) is 105 Å². The Bertz CT molecular complexity index is 991. The lowest BCUT2D eigenvalue weighted by atomic mass is 10.1. The molecule has 31 heavy (non-hydrogen) atoms. The van der Waals surface area contributed by atoms with Crippen LogP contribution in [0.5, 0.6) is 23.0 Å². The normalized spacial score (nSPS) is 10.5. The number of hydrogen-bond acceptors (Lipinski definition) is 8. The van der Waals surface area contributed by atoms with Crippen LogP contribution in [0.25, 0.3) is 11.4 Å². The molecule has 0 fully saturated rings. The highest BCUT2D eigenvalue weighted by Gasteiger charge is 2.17. The average molecular weight is 427 g/mol. The van der Waals surface area contributed by atoms with Crippen molar-refractivity contribution in [3.05, 3.63) is 42.3 Å². The van der Waals surface area contributed by atoms with Gasteiger partial charge in [-0.05, 0) is 43.3 Å². The van der Waals surface area contributed by atoms with Crippen LogP contribution < -0.4 is 24.3 Å². The lowest BCUT2D eigenvalue weighted by Crippen LogP contribution is -2.12. The van der Waals surface area contributed by atoms with Gasteiger partial charge in [0.05, 0.1) is 27.9 Å². The molecule has 0 radical (unpaired) electrons. The van der Waals surface area contributed by atoms with Gasteiger partial charge in [0.15, 0.2) is 11.5 Å². The van der Waals surface area contributed by atoms with E-state index in [1.165, 1.54) is 21.3 Å². The highest BCUT2D eigenvalue weighted by Crippen LogP contribution is 2.40. The Balaban J connectivity index is 1.63. The number of methoxy groups -OCH3 is 3. The zero-order valence-corrected chi connectivity index (χ0v) is 17.9. The molecule has 164 valence electrons. The van der Waals surface area contributed by atoms with E-state index in [4.69, 9.17) is 23.5 Å². The first-order valence-corrected chi connectivity index (χ1v) is 9.73. The number of nitrogens with zero attached hydrogens (tertiary/aromatic N) is 2. The Morgan fingerprint density at radius 2 is 1.71 bits per heavy atom. The van der Waals surface area contributed by atoms with Gasteiger partial charge in [-0.1, -0.05) is 5.16 Å². The number of anilines is 1. The van der Waals surface area contributed by atoms with Gasteiger partial charge in [-0.25, -0.2) is 0 Å². The number of nitrogens with one attached hydrogen (secondary N) is 1. The molecule has 0 spiro atoms. The molecule has 1 heterocycles. The maximum Gasteiger partial charge on any atom is 0.227 e. The number of rotatable bonds is 10. The number of carbonyl (C=O) groups excluding carboxylic acids is 1. The Morgan fingerprint density at radius 1 is 1.03 bits per heavy atom. The maximum atomic E-state index is 12.2. The van der Waals surface area contributed by atoms with Crippen molar-refractivity contribution in [3.8, 4) is 34.4 Å². The third-order valence-corrected chi connectivity index (χ3v) is 4.41. The van der Waals surface area contributed by atoms with E-state index in [0.717, 1.165) is 5.75 Å². The smallest absolute Gasteiger partial charge is 0.227 e. The lowest BCUT2D eigenvalue weighted by Gasteiger charge is -2.12. The van der Waals surface area contributed by atoms with Crippen LogP contribution in [0.4, 0.5) is 5.69 Å². The Morgan fingerprint density at radius 3 is 2.29 bits per heavy atom. The number of carbonyl (C=O) groups is 1. The average Bonchev–Trinajstić information content (AvgIpc) is 3.27. The van der Waals surface area contributed by atoms with E-state index in [0.29, 0.717) is 53.2 Å². The predicted octanol–water partition coefficient (Wildman–Crippen LogP) is 3.73. The molecule has 0 aliphatic carbocycles. The summed E-state index contributed by atoms with van der Waals surface area (Å²) in [6.07, 6.45) is 0.504. The van der Waals surface area contributed by atoms with Gasteiger partial charge in [0.25, 0.3) is 0 Å². The Kier molecular flexibility index (Phi) is 7.31. The molecule has 9 nitrogen and oxygen atoms in total. The molecule has 1 amide bonds. The van der Waals surface area contributed by atoms with Crippen LogP contribution in [0.1, 0.15) is 19.2 Å². The van der Waals surface area contributed by atoms with Crippen molar-refractivity contribution in [1.29, 1.82) is 0 Å². The largest absolute Gasteiger partial charge is 0.494 e. The van der Waals surface area contributed by atoms with E-state index in [2.05, 4.69) is 15.5 Å². The van der Waals surface area contributed by atoms with Crippen molar-refractivity contribution in [2.45, 2.75) is 19.8 Å². The fraction of sp³-hybridized carbons (Fsp3) is 0.318. The van der Waals surface area contributed by atoms with E-state index in [-0.39, 0.29) is 12.3 Å². The first-order valence-electron chi connectivity index (χ1n) is 9.73. The van der Waals surface area contributed by atoms with Crippen LogP contribution in [0.3, 0.4) is 0 Å². The summed E-state index contributed by atoms with van der Waals surface area (Å²) >= 11 is 0. The summed E-state index contributed by atoms with van der Waals surface area (Å²) < 4.78 is 26.7. The monoisotopic (exact) mass is 427 g/mol. The summed E-state index contributed by atoms with van der Waals surface area (Å²) in [5.74, 6) is 2.76. The first kappa shape index (κ1) is 21.9. The first-order chi connectivity index (χ1) is 15.1. The second kappa shape index (κ2) is 10.3. The highest BCUT2D eigenvalue weighted by molar-refractivity contribution is 5.90. The van der Waals surface area contributed by atoms with Crippen LogP contribution in [-0.4, -0.2) is 44.0 Å². The van der Waals surface area contributed by atoms with Crippen molar-refractivity contribution in [3.63, 3.8) is 0 Å². The van der Waals surface area contributed by atoms with Gasteiger partial charge in [-0.3, -0.25) is 4.79 Å². The lowest BCUT2D eigenvalue weighted by molar-refractivity contribution is -0.116. The van der Waals surface area contributed by atoms with Gasteiger partial charge in [0.2, 0.25) is 23.4 Å². The predicted molar refractivity (Wildman–Crippen MR) is 114 cm³/mol. The highest BCUT2D eigenvalue weighted by atomic mass is 16.5. The number of aromatic nitrogens is 2. The molecule has 1 aromatic heterocycles. The Labute approximate surface area is 180 Å². The number of hydrogen-bond donors (Lipinski definition) is 1. The van der Waals surface area contributed by atoms with Crippen LogP contribution in [0.2, 0.25) is 0 Å². The molecule has 9 heteroatoms. The fourth-order valence-corrected chi connectivity index (χ4v) is 2.93. The van der Waals surface area contributed by atoms with Crippen molar-refractivity contribution >= 4 is 11.6 Å². The molecule has 0 atom stereocenters. The molecule has 1 N–H and O–H groups in total. The van der Waals surface area contributed by atoms with Gasteiger partial charge < -0.3 is 28.8 Å². The van der Waals surface area contributed by atoms with Crippen molar-refractivity contribution in [1.82, 2.24) is 10.1 Å². The van der Waals surface area contributed by atoms with E-state index < -0.39 is 0 Å².